The number of likely N-dealkylation sites (N-methyl/N-ethyl adjacent to an activating group) is 1. The molecule has 3 nitrogen and oxygen atoms in total. The Morgan fingerprint density at radius 3 is 3.00 bits per heavy atom. The minimum atomic E-state index is 0.766. The first-order valence-electron chi connectivity index (χ1n) is 5.24. The van der Waals surface area contributed by atoms with Gasteiger partial charge in [0.2, 0.25) is 0 Å². The summed E-state index contributed by atoms with van der Waals surface area (Å²) >= 11 is 0. The van der Waals surface area contributed by atoms with Gasteiger partial charge in [0.15, 0.2) is 0 Å². The summed E-state index contributed by atoms with van der Waals surface area (Å²) in [6.45, 7) is 4.36. The predicted molar refractivity (Wildman–Crippen MR) is 55.0 cm³/mol. The van der Waals surface area contributed by atoms with Crippen LogP contribution in [0, 0.1) is 0 Å². The van der Waals surface area contributed by atoms with E-state index in [1.54, 1.807) is 7.11 Å². The second-order valence-electron chi connectivity index (χ2n) is 3.83. The van der Waals surface area contributed by atoms with E-state index in [2.05, 4.69) is 17.3 Å². The molecule has 1 saturated heterocycles. The minimum absolute atomic E-state index is 0.766. The fourth-order valence-electron chi connectivity index (χ4n) is 1.85. The molecule has 1 unspecified atom stereocenters. The van der Waals surface area contributed by atoms with E-state index < -0.39 is 0 Å². The molecule has 0 aliphatic carbocycles. The minimum Gasteiger partial charge on any atom is -0.385 e. The fraction of sp³-hybridized carbons (Fsp3) is 1.00. The zero-order valence-electron chi connectivity index (χ0n) is 8.88. The molecule has 0 radical (unpaired) electrons. The van der Waals surface area contributed by atoms with Crippen molar-refractivity contribution in [2.24, 2.45) is 0 Å². The van der Waals surface area contributed by atoms with Gasteiger partial charge in [-0.25, -0.2) is 0 Å². The van der Waals surface area contributed by atoms with Crippen molar-refractivity contribution >= 4 is 0 Å². The summed E-state index contributed by atoms with van der Waals surface area (Å²) in [5, 5.41) is 3.47. The monoisotopic (exact) mass is 186 g/mol. The van der Waals surface area contributed by atoms with Gasteiger partial charge < -0.3 is 15.0 Å². The van der Waals surface area contributed by atoms with Crippen molar-refractivity contribution in [3.63, 3.8) is 0 Å². The lowest BCUT2D eigenvalue weighted by Crippen LogP contribution is -2.35. The second-order valence-corrected chi connectivity index (χ2v) is 3.83. The van der Waals surface area contributed by atoms with E-state index in [0.29, 0.717) is 0 Å². The summed E-state index contributed by atoms with van der Waals surface area (Å²) in [5.74, 6) is 0. The average Bonchev–Trinajstić information content (AvgIpc) is 2.52. The molecule has 0 saturated carbocycles. The molecule has 1 atom stereocenters. The van der Waals surface area contributed by atoms with Crippen LogP contribution in [0.2, 0.25) is 0 Å². The van der Waals surface area contributed by atoms with Crippen LogP contribution in [0.25, 0.3) is 0 Å². The Morgan fingerprint density at radius 2 is 2.38 bits per heavy atom. The van der Waals surface area contributed by atoms with Crippen LogP contribution in [-0.2, 0) is 4.74 Å². The molecule has 1 N–H and O–H groups in total. The average molecular weight is 186 g/mol. The van der Waals surface area contributed by atoms with Crippen molar-refractivity contribution in [2.75, 3.05) is 40.4 Å². The van der Waals surface area contributed by atoms with E-state index in [9.17, 15) is 0 Å². The third-order valence-electron chi connectivity index (χ3n) is 2.75. The lowest BCUT2D eigenvalue weighted by atomic mass is 10.2. The van der Waals surface area contributed by atoms with Gasteiger partial charge in [-0.3, -0.25) is 0 Å². The number of methoxy groups -OCH3 is 1. The normalized spacial score (nSPS) is 24.0. The lowest BCUT2D eigenvalue weighted by Gasteiger charge is -2.19. The van der Waals surface area contributed by atoms with E-state index in [4.69, 9.17) is 4.74 Å². The molecule has 0 aromatic rings. The number of rotatable bonds is 6. The first-order valence-corrected chi connectivity index (χ1v) is 5.24. The SMILES string of the molecule is COCCCNCC1CCCN1C. The molecular formula is C10H22N2O. The van der Waals surface area contributed by atoms with E-state index >= 15 is 0 Å². The van der Waals surface area contributed by atoms with E-state index in [0.717, 1.165) is 32.2 Å². The Hall–Kier alpha value is -0.120. The highest BCUT2D eigenvalue weighted by Crippen LogP contribution is 2.13. The summed E-state index contributed by atoms with van der Waals surface area (Å²) < 4.78 is 4.98. The van der Waals surface area contributed by atoms with Crippen molar-refractivity contribution in [2.45, 2.75) is 25.3 Å². The maximum atomic E-state index is 4.98. The Bertz CT molecular complexity index is 130. The Morgan fingerprint density at radius 1 is 1.54 bits per heavy atom. The van der Waals surface area contributed by atoms with Crippen molar-refractivity contribution in [3.05, 3.63) is 0 Å². The number of hydrogen-bond donors (Lipinski definition) is 1. The zero-order valence-corrected chi connectivity index (χ0v) is 8.88. The highest BCUT2D eigenvalue weighted by atomic mass is 16.5. The maximum Gasteiger partial charge on any atom is 0.0474 e. The molecule has 1 fully saturated rings. The highest BCUT2D eigenvalue weighted by molar-refractivity contribution is 4.77. The molecule has 0 aromatic heterocycles. The van der Waals surface area contributed by atoms with Crippen LogP contribution < -0.4 is 5.32 Å². The molecule has 0 amide bonds. The largest absolute Gasteiger partial charge is 0.385 e. The summed E-state index contributed by atoms with van der Waals surface area (Å²) in [7, 11) is 3.97. The molecule has 1 aliphatic heterocycles. The van der Waals surface area contributed by atoms with Crippen LogP contribution in [-0.4, -0.2) is 51.3 Å². The molecule has 0 bridgehead atoms. The molecule has 13 heavy (non-hydrogen) atoms. The van der Waals surface area contributed by atoms with E-state index in [1.807, 2.05) is 0 Å². The van der Waals surface area contributed by atoms with Crippen LogP contribution in [0.4, 0.5) is 0 Å². The topological polar surface area (TPSA) is 24.5 Å². The second kappa shape index (κ2) is 6.35. The molecule has 3 heteroatoms. The van der Waals surface area contributed by atoms with Gasteiger partial charge in [-0.1, -0.05) is 0 Å². The quantitative estimate of drug-likeness (QED) is 0.618. The van der Waals surface area contributed by atoms with Gasteiger partial charge in [-0.05, 0) is 39.4 Å². The number of ether oxygens (including phenoxy) is 1. The number of nitrogens with zero attached hydrogens (tertiary/aromatic N) is 1. The molecule has 78 valence electrons. The Labute approximate surface area is 81.4 Å². The van der Waals surface area contributed by atoms with E-state index in [-0.39, 0.29) is 0 Å². The summed E-state index contributed by atoms with van der Waals surface area (Å²) in [6.07, 6.45) is 3.83. The smallest absolute Gasteiger partial charge is 0.0474 e. The van der Waals surface area contributed by atoms with Gasteiger partial charge in [0, 0.05) is 26.3 Å². The Balaban J connectivity index is 1.93. The lowest BCUT2D eigenvalue weighted by molar-refractivity contribution is 0.193. The van der Waals surface area contributed by atoms with Crippen molar-refractivity contribution < 1.29 is 4.74 Å². The maximum absolute atomic E-state index is 4.98. The molecule has 1 rings (SSSR count). The van der Waals surface area contributed by atoms with Crippen molar-refractivity contribution in [1.82, 2.24) is 10.2 Å². The molecule has 0 spiro atoms. The highest BCUT2D eigenvalue weighted by Gasteiger charge is 2.19. The van der Waals surface area contributed by atoms with Gasteiger partial charge in [-0.2, -0.15) is 0 Å². The third-order valence-corrected chi connectivity index (χ3v) is 2.75. The van der Waals surface area contributed by atoms with Crippen LogP contribution in [0.1, 0.15) is 19.3 Å². The van der Waals surface area contributed by atoms with Crippen molar-refractivity contribution in [1.29, 1.82) is 0 Å². The van der Waals surface area contributed by atoms with Crippen LogP contribution in [0.15, 0.2) is 0 Å². The number of nitrogens with one attached hydrogen (secondary N) is 1. The zero-order chi connectivity index (χ0) is 9.52. The summed E-state index contributed by atoms with van der Waals surface area (Å²) in [6, 6.07) is 0.766. The van der Waals surface area contributed by atoms with Crippen molar-refractivity contribution in [3.8, 4) is 0 Å². The number of likely N-dealkylation sites (tertiary alicyclic amines) is 1. The van der Waals surface area contributed by atoms with Gasteiger partial charge in [0.25, 0.3) is 0 Å². The molecule has 1 aliphatic rings. The molecule has 1 heterocycles. The fourth-order valence-corrected chi connectivity index (χ4v) is 1.85. The first kappa shape index (κ1) is 11.0. The van der Waals surface area contributed by atoms with Gasteiger partial charge in [0.1, 0.15) is 0 Å². The van der Waals surface area contributed by atoms with Crippen LogP contribution in [0.5, 0.6) is 0 Å². The Kier molecular flexibility index (Phi) is 5.35. The molecular weight excluding hydrogens is 164 g/mol. The first-order chi connectivity index (χ1) is 6.34. The van der Waals surface area contributed by atoms with Crippen LogP contribution >= 0.6 is 0 Å². The third kappa shape index (κ3) is 4.07. The summed E-state index contributed by atoms with van der Waals surface area (Å²) in [5.41, 5.74) is 0. The van der Waals surface area contributed by atoms with E-state index in [1.165, 1.54) is 19.4 Å². The van der Waals surface area contributed by atoms with Crippen LogP contribution in [0.3, 0.4) is 0 Å². The standard InChI is InChI=1S/C10H22N2O/c1-12-7-3-5-10(12)9-11-6-4-8-13-2/h10-11H,3-9H2,1-2H3. The van der Waals surface area contributed by atoms with Gasteiger partial charge in [0.05, 0.1) is 0 Å². The van der Waals surface area contributed by atoms with Gasteiger partial charge in [-0.15, -0.1) is 0 Å². The predicted octanol–water partition coefficient (Wildman–Crippen LogP) is 0.707. The number of hydrogen-bond acceptors (Lipinski definition) is 3. The summed E-state index contributed by atoms with van der Waals surface area (Å²) in [4.78, 5) is 2.45. The van der Waals surface area contributed by atoms with Gasteiger partial charge >= 0.3 is 0 Å². The molecule has 0 aromatic carbocycles.